The minimum Gasteiger partial charge on any atom is -1.00 e. The van der Waals surface area contributed by atoms with Crippen molar-refractivity contribution in [1.29, 1.82) is 5.26 Å². The summed E-state index contributed by atoms with van der Waals surface area (Å²) < 4.78 is 0.755. The molecular weight excluding hydrogens is 586 g/mol. The Bertz CT molecular complexity index is 1380. The van der Waals surface area contributed by atoms with Gasteiger partial charge in [0.15, 0.2) is 10.3 Å². The van der Waals surface area contributed by atoms with E-state index in [1.807, 2.05) is 0 Å². The molecule has 1 aliphatic heterocycles. The molecule has 6 N–H and O–H groups in total. The lowest BCUT2D eigenvalue weighted by atomic mass is 9.97. The molecule has 1 aliphatic rings. The molecule has 222 valence electrons. The minimum atomic E-state index is -0.338. The topological polar surface area (TPSA) is 124 Å². The summed E-state index contributed by atoms with van der Waals surface area (Å²) >= 11 is 3.25. The minimum absolute atomic E-state index is 0. The molecule has 0 amide bonds. The van der Waals surface area contributed by atoms with Crippen molar-refractivity contribution in [1.82, 2.24) is 20.8 Å². The van der Waals surface area contributed by atoms with Crippen molar-refractivity contribution < 1.29 is 16.9 Å². The molecule has 3 unspecified atom stereocenters. The molecule has 1 saturated heterocycles. The zero-order valence-corrected chi connectivity index (χ0v) is 26.5. The molecule has 1 fully saturated rings. The monoisotopic (exact) mass is 623 g/mol. The number of aromatic nitrogens is 2. The number of benzene rings is 2. The summed E-state index contributed by atoms with van der Waals surface area (Å²) in [5.74, 6) is -0.239. The van der Waals surface area contributed by atoms with Gasteiger partial charge >= 0.3 is 0 Å². The van der Waals surface area contributed by atoms with Gasteiger partial charge in [0.05, 0.1) is 31.7 Å². The number of nitrogens with one attached hydrogen (secondary N) is 4. The summed E-state index contributed by atoms with van der Waals surface area (Å²) in [6.45, 7) is 6.65. The van der Waals surface area contributed by atoms with Crippen molar-refractivity contribution in [3.63, 3.8) is 0 Å². The lowest BCUT2D eigenvalue weighted by molar-refractivity contribution is -0.936. The van der Waals surface area contributed by atoms with E-state index >= 15 is 0 Å². The number of thiazole rings is 2. The Morgan fingerprint density at radius 1 is 0.881 bits per heavy atom. The second-order valence-corrected chi connectivity index (χ2v) is 12.9. The summed E-state index contributed by atoms with van der Waals surface area (Å²) in [5.41, 5.74) is 18.9. The molecular formula is C30H38ClN9S2. The highest BCUT2D eigenvalue weighted by molar-refractivity contribution is 7.14. The lowest BCUT2D eigenvalue weighted by Gasteiger charge is -2.34. The van der Waals surface area contributed by atoms with E-state index in [0.717, 1.165) is 70.0 Å². The first-order valence-electron chi connectivity index (χ1n) is 13.8. The highest BCUT2D eigenvalue weighted by atomic mass is 35.5. The largest absolute Gasteiger partial charge is 1.00 e. The van der Waals surface area contributed by atoms with Crippen LogP contribution in [0.3, 0.4) is 0 Å². The van der Waals surface area contributed by atoms with Crippen molar-refractivity contribution in [2.45, 2.75) is 52.0 Å². The molecule has 0 radical (unpaired) electrons. The molecule has 4 aromatic rings. The predicted octanol–water partition coefficient (Wildman–Crippen LogP) is 2.54. The molecule has 2 aromatic heterocycles. The fourth-order valence-electron chi connectivity index (χ4n) is 5.14. The summed E-state index contributed by atoms with van der Waals surface area (Å²) in [6.07, 6.45) is 1.47. The van der Waals surface area contributed by atoms with Crippen LogP contribution in [0, 0.1) is 31.1 Å². The smallest absolute Gasteiger partial charge is 0.187 e. The molecule has 9 nitrogen and oxygen atoms in total. The van der Waals surface area contributed by atoms with Gasteiger partial charge in [-0.05, 0) is 51.0 Å². The normalized spacial score (nSPS) is 18.3. The fourth-order valence-corrected chi connectivity index (χ4v) is 6.58. The second-order valence-electron chi connectivity index (χ2n) is 11.1. The van der Waals surface area contributed by atoms with E-state index in [2.05, 4.69) is 108 Å². The maximum Gasteiger partial charge on any atom is 0.187 e. The first-order valence-corrected chi connectivity index (χ1v) is 15.6. The molecule has 0 aliphatic carbocycles. The van der Waals surface area contributed by atoms with Crippen LogP contribution in [0.5, 0.6) is 0 Å². The number of aryl methyl sites for hydroxylation is 2. The van der Waals surface area contributed by atoms with E-state index < -0.39 is 0 Å². The van der Waals surface area contributed by atoms with Gasteiger partial charge in [-0.3, -0.25) is 5.43 Å². The maximum absolute atomic E-state index is 9.56. The van der Waals surface area contributed by atoms with Crippen molar-refractivity contribution >= 4 is 44.3 Å². The van der Waals surface area contributed by atoms with E-state index in [4.69, 9.17) is 15.7 Å². The Morgan fingerprint density at radius 2 is 1.38 bits per heavy atom. The molecule has 0 spiro atoms. The third kappa shape index (κ3) is 8.49. The number of rotatable bonds is 12. The first-order chi connectivity index (χ1) is 19.8. The Morgan fingerprint density at radius 3 is 1.86 bits per heavy atom. The number of hydrazine groups is 1. The van der Waals surface area contributed by atoms with Crippen LogP contribution in [0.4, 0.5) is 21.6 Å². The molecule has 0 saturated carbocycles. The Labute approximate surface area is 262 Å². The summed E-state index contributed by atoms with van der Waals surface area (Å²) in [4.78, 5) is 9.85. The van der Waals surface area contributed by atoms with Crippen molar-refractivity contribution in [2.24, 2.45) is 11.7 Å². The number of quaternary nitrogens is 1. The first kappa shape index (κ1) is 31.8. The molecule has 3 atom stereocenters. The molecule has 5 rings (SSSR count). The van der Waals surface area contributed by atoms with Crippen LogP contribution in [0.15, 0.2) is 59.3 Å². The number of anilines is 4. The third-order valence-corrected chi connectivity index (χ3v) is 9.03. The highest BCUT2D eigenvalue weighted by Crippen LogP contribution is 2.28. The fraction of sp³-hybridized carbons (Fsp3) is 0.367. The maximum atomic E-state index is 9.56. The van der Waals surface area contributed by atoms with Gasteiger partial charge in [0.1, 0.15) is 24.5 Å². The van der Waals surface area contributed by atoms with E-state index in [0.29, 0.717) is 0 Å². The highest BCUT2D eigenvalue weighted by Gasteiger charge is 2.34. The molecule has 3 heterocycles. The molecule has 42 heavy (non-hydrogen) atoms. The number of hydrogen-bond acceptors (Lipinski definition) is 10. The standard InChI is InChI=1S/C30H38N9S2.ClH/c1-20-6-10-22(11-7-20)33-29-35-24(18-40-29)16-39(3,14-4-5-27-26(15-31)28(32)38-37-27)17-25-19-41-30(36-25)34-23-12-8-21(2)9-13-23;/h6-13,18-19,26-28,37-38H,4-5,14,16-17,32H2,1-3H3,(H,33,35)(H,34,36);1H/q+1;/p-1. The van der Waals surface area contributed by atoms with Crippen molar-refractivity contribution in [3.8, 4) is 6.07 Å². The quantitative estimate of drug-likeness (QED) is 0.153. The van der Waals surface area contributed by atoms with Crippen LogP contribution < -0.4 is 39.6 Å². The van der Waals surface area contributed by atoms with Crippen LogP contribution in [0.2, 0.25) is 0 Å². The zero-order valence-electron chi connectivity index (χ0n) is 24.1. The van der Waals surface area contributed by atoms with E-state index in [9.17, 15) is 5.26 Å². The second kappa shape index (κ2) is 14.4. The number of nitriles is 1. The lowest BCUT2D eigenvalue weighted by Crippen LogP contribution is -3.00. The van der Waals surface area contributed by atoms with Crippen LogP contribution >= 0.6 is 22.7 Å². The van der Waals surface area contributed by atoms with Crippen LogP contribution in [0.25, 0.3) is 0 Å². The molecule has 12 heteroatoms. The van der Waals surface area contributed by atoms with Gasteiger partial charge in [-0.25, -0.2) is 15.4 Å². The van der Waals surface area contributed by atoms with Gasteiger partial charge in [-0.15, -0.1) is 22.7 Å². The molecule has 0 bridgehead atoms. The number of hydrogen-bond donors (Lipinski definition) is 5. The van der Waals surface area contributed by atoms with Gasteiger partial charge in [-0.2, -0.15) is 5.26 Å². The van der Waals surface area contributed by atoms with E-state index in [1.165, 1.54) is 11.1 Å². The number of nitrogens with zero attached hydrogens (tertiary/aromatic N) is 4. The number of nitrogens with two attached hydrogens (primary N) is 1. The van der Waals surface area contributed by atoms with Gasteiger partial charge in [0.25, 0.3) is 0 Å². The SMILES string of the molecule is Cc1ccc(Nc2nc(C[N+](C)(CCCC3NNC(N)C3C#N)Cc3csc(Nc4ccc(C)cc4)n3)cs2)cc1.[Cl-]. The van der Waals surface area contributed by atoms with Crippen molar-refractivity contribution in [2.75, 3.05) is 24.2 Å². The predicted molar refractivity (Wildman–Crippen MR) is 168 cm³/mol. The number of halogens is 1. The van der Waals surface area contributed by atoms with Gasteiger partial charge in [0, 0.05) is 28.2 Å². The summed E-state index contributed by atoms with van der Waals surface area (Å²) in [7, 11) is 2.27. The Hall–Kier alpha value is -3.08. The van der Waals surface area contributed by atoms with Crippen LogP contribution in [-0.4, -0.2) is 40.3 Å². The average Bonchev–Trinajstić information content (AvgIpc) is 3.67. The van der Waals surface area contributed by atoms with E-state index in [1.54, 1.807) is 22.7 Å². The zero-order chi connectivity index (χ0) is 28.8. The summed E-state index contributed by atoms with van der Waals surface area (Å²) in [6, 6.07) is 19.1. The third-order valence-electron chi connectivity index (χ3n) is 7.41. The van der Waals surface area contributed by atoms with Gasteiger partial charge in [0.2, 0.25) is 0 Å². The van der Waals surface area contributed by atoms with E-state index in [-0.39, 0.29) is 30.5 Å². The van der Waals surface area contributed by atoms with Crippen LogP contribution in [0.1, 0.15) is 35.4 Å². The van der Waals surface area contributed by atoms with Crippen LogP contribution in [-0.2, 0) is 13.1 Å². The van der Waals surface area contributed by atoms with Gasteiger partial charge < -0.3 is 33.3 Å². The Kier molecular flexibility index (Phi) is 10.9. The Balaban J connectivity index is 0.00000405. The molecule has 2 aromatic carbocycles. The summed E-state index contributed by atoms with van der Waals surface area (Å²) in [5, 5.41) is 22.5. The van der Waals surface area contributed by atoms with Gasteiger partial charge in [-0.1, -0.05) is 35.4 Å². The average molecular weight is 624 g/mol. The van der Waals surface area contributed by atoms with Crippen molar-refractivity contribution in [3.05, 3.63) is 81.8 Å².